The van der Waals surface area contributed by atoms with Crippen molar-refractivity contribution in [3.05, 3.63) is 63.2 Å². The molecule has 0 saturated carbocycles. The van der Waals surface area contributed by atoms with E-state index in [1.807, 2.05) is 36.4 Å². The third kappa shape index (κ3) is 2.66. The average molecular weight is 353 g/mol. The highest BCUT2D eigenvalue weighted by molar-refractivity contribution is 7.16. The number of aryl methyl sites for hydroxylation is 1. The summed E-state index contributed by atoms with van der Waals surface area (Å²) in [5.41, 5.74) is 2.76. The Balaban J connectivity index is 1.62. The largest absolute Gasteiger partial charge is 0.455 e. The van der Waals surface area contributed by atoms with Gasteiger partial charge in [0.05, 0.1) is 16.8 Å². The summed E-state index contributed by atoms with van der Waals surface area (Å²) in [4.78, 5) is 5.79. The summed E-state index contributed by atoms with van der Waals surface area (Å²) in [5.74, 6) is 1.35. The predicted octanol–water partition coefficient (Wildman–Crippen LogP) is 5.77. The molecule has 1 aromatic carbocycles. The topological polar surface area (TPSA) is 49.3 Å². The molecule has 0 fully saturated rings. The fourth-order valence-electron chi connectivity index (χ4n) is 2.95. The van der Waals surface area contributed by atoms with E-state index in [4.69, 9.17) is 16.0 Å². The smallest absolute Gasteiger partial charge is 0.145 e. The molecule has 0 saturated heterocycles. The molecule has 0 aliphatic heterocycles. The molecule has 1 aliphatic carbocycles. The highest BCUT2D eigenvalue weighted by Gasteiger charge is 2.21. The van der Waals surface area contributed by atoms with E-state index < -0.39 is 0 Å². The molecule has 2 aromatic heterocycles. The highest BCUT2D eigenvalue weighted by Crippen LogP contribution is 2.40. The summed E-state index contributed by atoms with van der Waals surface area (Å²) in [7, 11) is 0. The zero-order valence-electron chi connectivity index (χ0n) is 12.8. The molecular formula is C19H13ClN2OS. The maximum atomic E-state index is 9.40. The van der Waals surface area contributed by atoms with Gasteiger partial charge in [0.15, 0.2) is 0 Å². The summed E-state index contributed by atoms with van der Waals surface area (Å²) in [6, 6.07) is 13.6. The van der Waals surface area contributed by atoms with Crippen LogP contribution < -0.4 is 0 Å². The zero-order chi connectivity index (χ0) is 16.5. The summed E-state index contributed by atoms with van der Waals surface area (Å²) in [5, 5.41) is 10.8. The van der Waals surface area contributed by atoms with Crippen molar-refractivity contribution in [1.29, 1.82) is 5.26 Å². The Hall–Kier alpha value is -2.35. The van der Waals surface area contributed by atoms with Crippen molar-refractivity contribution >= 4 is 34.2 Å². The molecule has 118 valence electrons. The maximum absolute atomic E-state index is 9.40. The molecular weight excluding hydrogens is 340 g/mol. The predicted molar refractivity (Wildman–Crippen MR) is 97.5 cm³/mol. The number of nitrogens with zero attached hydrogens (tertiary/aromatic N) is 2. The molecule has 3 nitrogen and oxygen atoms in total. The van der Waals surface area contributed by atoms with Crippen LogP contribution in [0.3, 0.4) is 0 Å². The van der Waals surface area contributed by atoms with Gasteiger partial charge in [0.1, 0.15) is 22.6 Å². The minimum atomic E-state index is 0.641. The second-order valence-corrected chi connectivity index (χ2v) is 7.08. The summed E-state index contributed by atoms with van der Waals surface area (Å²) in [6.07, 6.45) is 4.85. The van der Waals surface area contributed by atoms with E-state index in [0.29, 0.717) is 16.5 Å². The Kier molecular flexibility index (Phi) is 3.97. The molecule has 0 atom stereocenters. The lowest BCUT2D eigenvalue weighted by molar-refractivity contribution is 0.575. The number of aliphatic imine (C=N–C) groups is 1. The molecule has 0 bridgehead atoms. The normalized spacial score (nSPS) is 13.3. The van der Waals surface area contributed by atoms with Gasteiger partial charge < -0.3 is 4.42 Å². The van der Waals surface area contributed by atoms with Crippen LogP contribution in [0.2, 0.25) is 5.02 Å². The first kappa shape index (κ1) is 15.2. The Bertz CT molecular complexity index is 978. The van der Waals surface area contributed by atoms with Crippen LogP contribution in [0.15, 0.2) is 45.8 Å². The monoisotopic (exact) mass is 352 g/mol. The van der Waals surface area contributed by atoms with Crippen LogP contribution in [0.4, 0.5) is 5.00 Å². The molecule has 0 unspecified atom stereocenters. The van der Waals surface area contributed by atoms with Gasteiger partial charge >= 0.3 is 0 Å². The molecule has 24 heavy (non-hydrogen) atoms. The standard InChI is InChI=1S/C19H13ClN2OS/c20-16-6-2-1-4-14(16)17-9-8-12(23-17)11-22-19-15(10-21)13-5-3-7-18(13)24-19/h1-2,4,6,8-9,11H,3,5,7H2. The van der Waals surface area contributed by atoms with E-state index in [9.17, 15) is 5.26 Å². The number of nitriles is 1. The van der Waals surface area contributed by atoms with Crippen LogP contribution in [-0.2, 0) is 12.8 Å². The lowest BCUT2D eigenvalue weighted by Gasteiger charge is -1.98. The van der Waals surface area contributed by atoms with Gasteiger partial charge in [-0.15, -0.1) is 11.3 Å². The van der Waals surface area contributed by atoms with Crippen LogP contribution in [0.25, 0.3) is 11.3 Å². The Morgan fingerprint density at radius 2 is 2.08 bits per heavy atom. The first-order chi connectivity index (χ1) is 11.8. The number of benzene rings is 1. The molecule has 2 heterocycles. The van der Waals surface area contributed by atoms with Crippen LogP contribution >= 0.6 is 22.9 Å². The van der Waals surface area contributed by atoms with E-state index in [0.717, 1.165) is 35.4 Å². The number of fused-ring (bicyclic) bond motifs is 1. The van der Waals surface area contributed by atoms with Crippen LogP contribution in [0.1, 0.15) is 28.2 Å². The van der Waals surface area contributed by atoms with Crippen molar-refractivity contribution < 1.29 is 4.42 Å². The van der Waals surface area contributed by atoms with Crippen molar-refractivity contribution in [1.82, 2.24) is 0 Å². The molecule has 3 aromatic rings. The van der Waals surface area contributed by atoms with E-state index in [2.05, 4.69) is 11.1 Å². The van der Waals surface area contributed by atoms with Crippen molar-refractivity contribution in [3.8, 4) is 17.4 Å². The quantitative estimate of drug-likeness (QED) is 0.561. The van der Waals surface area contributed by atoms with E-state index >= 15 is 0 Å². The van der Waals surface area contributed by atoms with E-state index in [1.54, 1.807) is 17.6 Å². The first-order valence-corrected chi connectivity index (χ1v) is 8.89. The fourth-order valence-corrected chi connectivity index (χ4v) is 4.36. The number of hydrogen-bond acceptors (Lipinski definition) is 4. The van der Waals surface area contributed by atoms with Crippen molar-refractivity contribution in [3.63, 3.8) is 0 Å². The lowest BCUT2D eigenvalue weighted by Crippen LogP contribution is -1.80. The van der Waals surface area contributed by atoms with Crippen LogP contribution in [0.5, 0.6) is 0 Å². The molecule has 5 heteroatoms. The highest BCUT2D eigenvalue weighted by atomic mass is 35.5. The SMILES string of the molecule is N#Cc1c(N=Cc2ccc(-c3ccccc3Cl)o2)sc2c1CCC2. The zero-order valence-corrected chi connectivity index (χ0v) is 14.3. The molecule has 0 spiro atoms. The summed E-state index contributed by atoms with van der Waals surface area (Å²) in [6.45, 7) is 0. The summed E-state index contributed by atoms with van der Waals surface area (Å²) >= 11 is 7.81. The second kappa shape index (κ2) is 6.27. The number of halogens is 1. The second-order valence-electron chi connectivity index (χ2n) is 5.59. The van der Waals surface area contributed by atoms with Crippen molar-refractivity contribution in [2.75, 3.05) is 0 Å². The van der Waals surface area contributed by atoms with Crippen molar-refractivity contribution in [2.45, 2.75) is 19.3 Å². The van der Waals surface area contributed by atoms with Crippen molar-refractivity contribution in [2.24, 2.45) is 4.99 Å². The number of furan rings is 1. The Morgan fingerprint density at radius 3 is 2.92 bits per heavy atom. The van der Waals surface area contributed by atoms with Gasteiger partial charge in [-0.1, -0.05) is 23.7 Å². The molecule has 1 aliphatic rings. The fraction of sp³-hybridized carbons (Fsp3) is 0.158. The third-order valence-corrected chi connectivity index (χ3v) is 5.62. The summed E-state index contributed by atoms with van der Waals surface area (Å²) < 4.78 is 5.81. The van der Waals surface area contributed by atoms with Gasteiger partial charge in [0.25, 0.3) is 0 Å². The molecule has 0 radical (unpaired) electrons. The average Bonchev–Trinajstić information content (AvgIpc) is 3.28. The molecule has 0 N–H and O–H groups in total. The van der Waals surface area contributed by atoms with Gasteiger partial charge in [-0.3, -0.25) is 0 Å². The van der Waals surface area contributed by atoms with Gasteiger partial charge in [0.2, 0.25) is 0 Å². The van der Waals surface area contributed by atoms with E-state index in [-0.39, 0.29) is 0 Å². The van der Waals surface area contributed by atoms with Gasteiger partial charge in [-0.2, -0.15) is 5.26 Å². The minimum absolute atomic E-state index is 0.641. The van der Waals surface area contributed by atoms with Crippen LogP contribution in [0, 0.1) is 11.3 Å². The molecule has 4 rings (SSSR count). The lowest BCUT2D eigenvalue weighted by atomic mass is 10.1. The van der Waals surface area contributed by atoms with Gasteiger partial charge in [-0.05, 0) is 49.1 Å². The Morgan fingerprint density at radius 1 is 1.21 bits per heavy atom. The number of rotatable bonds is 3. The minimum Gasteiger partial charge on any atom is -0.455 e. The van der Waals surface area contributed by atoms with Crippen LogP contribution in [-0.4, -0.2) is 6.21 Å². The molecule has 0 amide bonds. The number of hydrogen-bond donors (Lipinski definition) is 0. The Labute approximate surface area is 148 Å². The number of thiophene rings is 1. The third-order valence-electron chi connectivity index (χ3n) is 4.09. The maximum Gasteiger partial charge on any atom is 0.145 e. The first-order valence-electron chi connectivity index (χ1n) is 7.69. The van der Waals surface area contributed by atoms with Gasteiger partial charge in [0, 0.05) is 10.4 Å². The van der Waals surface area contributed by atoms with E-state index in [1.165, 1.54) is 10.4 Å². The van der Waals surface area contributed by atoms with Gasteiger partial charge in [-0.25, -0.2) is 4.99 Å².